The number of hydrogen-bond donors (Lipinski definition) is 1. The molecule has 2 N–H and O–H groups in total. The summed E-state index contributed by atoms with van der Waals surface area (Å²) in [6, 6.07) is 0. The van der Waals surface area contributed by atoms with Crippen molar-refractivity contribution in [1.82, 2.24) is 4.90 Å². The van der Waals surface area contributed by atoms with Gasteiger partial charge >= 0.3 is 5.70 Å². The van der Waals surface area contributed by atoms with Crippen LogP contribution >= 0.6 is 11.6 Å². The van der Waals surface area contributed by atoms with Crippen molar-refractivity contribution in [3.63, 3.8) is 0 Å². The summed E-state index contributed by atoms with van der Waals surface area (Å²) in [4.78, 5) is 19.6. The number of hydrogen-bond acceptors (Lipinski definition) is 4. The van der Waals surface area contributed by atoms with Crippen LogP contribution in [0.2, 0.25) is 0 Å². The second-order valence-electron chi connectivity index (χ2n) is 9.82. The smallest absolute Gasteiger partial charge is 0.313 e. The Morgan fingerprint density at radius 3 is 2.67 bits per heavy atom. The minimum atomic E-state index is -1.15. The van der Waals surface area contributed by atoms with Crippen molar-refractivity contribution < 1.29 is 14.2 Å². The highest BCUT2D eigenvalue weighted by atomic mass is 35.5. The maximum absolute atomic E-state index is 14.4. The van der Waals surface area contributed by atoms with Crippen LogP contribution in [0.4, 0.5) is 4.39 Å². The van der Waals surface area contributed by atoms with Gasteiger partial charge in [0.15, 0.2) is 7.11 Å². The normalized spacial score (nSPS) is 22.7. The van der Waals surface area contributed by atoms with E-state index >= 15 is 0 Å². The summed E-state index contributed by atoms with van der Waals surface area (Å²) in [5, 5.41) is 0.542. The Balaban J connectivity index is 2.26. The van der Waals surface area contributed by atoms with Gasteiger partial charge in [0.05, 0.1) is 4.91 Å². The first kappa shape index (κ1) is 30.2. The third-order valence-corrected chi connectivity index (χ3v) is 7.56. The summed E-state index contributed by atoms with van der Waals surface area (Å²) in [6.07, 6.45) is 17.4. The van der Waals surface area contributed by atoms with E-state index in [9.17, 15) is 9.30 Å². The van der Waals surface area contributed by atoms with E-state index in [1.165, 1.54) is 46.1 Å². The van der Waals surface area contributed by atoms with E-state index in [1.54, 1.807) is 12.2 Å². The third kappa shape index (κ3) is 9.79. The predicted octanol–water partition coefficient (Wildman–Crippen LogP) is 6.93. The van der Waals surface area contributed by atoms with E-state index in [1.807, 2.05) is 25.2 Å². The van der Waals surface area contributed by atoms with Crippen LogP contribution in [0.25, 0.3) is 0 Å². The maximum atomic E-state index is 14.4. The monoisotopic (exact) mass is 520 g/mol. The number of rotatable bonds is 13. The van der Waals surface area contributed by atoms with Crippen LogP contribution in [0.3, 0.4) is 0 Å². The molecule has 3 unspecified atom stereocenters. The van der Waals surface area contributed by atoms with Crippen molar-refractivity contribution in [2.75, 3.05) is 33.3 Å². The summed E-state index contributed by atoms with van der Waals surface area (Å²) in [6.45, 7) is 10.5. The van der Waals surface area contributed by atoms with Gasteiger partial charge in [-0.3, -0.25) is 4.90 Å². The number of alkyl halides is 1. The third-order valence-electron chi connectivity index (χ3n) is 7.08. The van der Waals surface area contributed by atoms with Gasteiger partial charge < -0.3 is 5.73 Å². The van der Waals surface area contributed by atoms with E-state index in [0.717, 1.165) is 30.8 Å². The van der Waals surface area contributed by atoms with Crippen LogP contribution in [-0.4, -0.2) is 49.3 Å². The van der Waals surface area contributed by atoms with E-state index < -0.39 is 6.17 Å². The summed E-state index contributed by atoms with van der Waals surface area (Å²) in [7, 11) is 1.36. The fraction of sp³-hybridized carbons (Fsp3) is 0.586. The molecule has 0 heterocycles. The van der Waals surface area contributed by atoms with Gasteiger partial charge in [-0.05, 0) is 75.0 Å². The minimum absolute atomic E-state index is 0.486. The molecule has 0 aliphatic heterocycles. The predicted molar refractivity (Wildman–Crippen MR) is 148 cm³/mol. The van der Waals surface area contributed by atoms with Gasteiger partial charge in [-0.15, -0.1) is 0 Å². The molecule has 2 rings (SSSR count). The van der Waals surface area contributed by atoms with Gasteiger partial charge in [0, 0.05) is 42.4 Å². The minimum Gasteiger partial charge on any atom is -0.330 e. The molecule has 0 aromatic carbocycles. The highest BCUT2D eigenvalue weighted by Gasteiger charge is 2.22. The Labute approximate surface area is 221 Å². The highest BCUT2D eigenvalue weighted by Crippen LogP contribution is 2.28. The molecular formula is C29H44ClFN3O2+. The highest BCUT2D eigenvalue weighted by molar-refractivity contribution is 6.30. The second kappa shape index (κ2) is 16.0. The lowest BCUT2D eigenvalue weighted by Gasteiger charge is -2.28. The lowest BCUT2D eigenvalue weighted by Crippen LogP contribution is -2.33. The zero-order valence-electron chi connectivity index (χ0n) is 22.2. The molecule has 0 bridgehead atoms. The number of nitrogens with zero attached hydrogens (tertiary/aromatic N) is 2. The van der Waals surface area contributed by atoms with Gasteiger partial charge in [-0.2, -0.15) is 0 Å². The zero-order valence-corrected chi connectivity index (χ0v) is 23.0. The van der Waals surface area contributed by atoms with Gasteiger partial charge in [-0.25, -0.2) is 9.23 Å². The topological polar surface area (TPSA) is 58.6 Å². The largest absolute Gasteiger partial charge is 0.330 e. The van der Waals surface area contributed by atoms with Crippen LogP contribution < -0.4 is 5.73 Å². The van der Waals surface area contributed by atoms with Crippen LogP contribution in [0.1, 0.15) is 58.8 Å². The Hall–Kier alpha value is -2.02. The standard InChI is InChI=1S/C29H44ClFN3O2/c1-5-23(17-28(22(3)31)29(30)6-2)19-33(20-25-10-7-9-24(18-32)13-14-25)21-26-11-8-12-27(16-15-26)34(35)36-4/h5,11-12,15-17,22,24-25H,1,6-10,13-14,18-21,32H2,2-4H3/q+1/b23-17+,29-28-. The van der Waals surface area contributed by atoms with Gasteiger partial charge in [0.2, 0.25) is 0 Å². The molecule has 0 saturated heterocycles. The summed E-state index contributed by atoms with van der Waals surface area (Å²) in [5.74, 6) is 1.20. The molecule has 3 atom stereocenters. The lowest BCUT2D eigenvalue weighted by molar-refractivity contribution is -0.758. The van der Waals surface area contributed by atoms with Crippen LogP contribution in [0, 0.1) is 16.7 Å². The molecule has 0 radical (unpaired) electrons. The molecule has 0 aromatic heterocycles. The fourth-order valence-electron chi connectivity index (χ4n) is 4.94. The summed E-state index contributed by atoms with van der Waals surface area (Å²) < 4.78 is 14.4. The second-order valence-corrected chi connectivity index (χ2v) is 10.3. The van der Waals surface area contributed by atoms with Crippen molar-refractivity contribution in [3.8, 4) is 0 Å². The fourth-order valence-corrected chi connectivity index (χ4v) is 5.14. The van der Waals surface area contributed by atoms with Crippen LogP contribution in [0.15, 0.2) is 70.5 Å². The first-order valence-electron chi connectivity index (χ1n) is 13.2. The van der Waals surface area contributed by atoms with E-state index in [4.69, 9.17) is 22.2 Å². The first-order chi connectivity index (χ1) is 17.3. The van der Waals surface area contributed by atoms with Crippen LogP contribution in [0.5, 0.6) is 0 Å². The first-order valence-corrected chi connectivity index (χ1v) is 13.6. The molecule has 0 amide bonds. The quantitative estimate of drug-likeness (QED) is 0.162. The van der Waals surface area contributed by atoms with Crippen molar-refractivity contribution >= 4 is 11.6 Å². The molecule has 2 aliphatic carbocycles. The maximum Gasteiger partial charge on any atom is 0.313 e. The van der Waals surface area contributed by atoms with Crippen molar-refractivity contribution in [2.45, 2.75) is 65.0 Å². The van der Waals surface area contributed by atoms with E-state index in [0.29, 0.717) is 52.4 Å². The SMILES string of the molecule is C=C/C(=C\C(=C(\Cl)CC)C(C)F)CN(CC1=CCC=C([N+](=O)OC)C=C1)CC1CCCC(CN)CC1. The Kier molecular flexibility index (Phi) is 13.4. The number of nitrogens with two attached hydrogens (primary N) is 1. The van der Waals surface area contributed by atoms with Crippen molar-refractivity contribution in [1.29, 1.82) is 0 Å². The van der Waals surface area contributed by atoms with Crippen molar-refractivity contribution in [3.05, 3.63) is 75.4 Å². The molecule has 36 heavy (non-hydrogen) atoms. The molecule has 1 fully saturated rings. The Morgan fingerprint density at radius 2 is 2.03 bits per heavy atom. The van der Waals surface area contributed by atoms with Gasteiger partial charge in [0.25, 0.3) is 4.92 Å². The van der Waals surface area contributed by atoms with E-state index in [-0.39, 0.29) is 0 Å². The van der Waals surface area contributed by atoms with Gasteiger partial charge in [-0.1, -0.05) is 55.8 Å². The van der Waals surface area contributed by atoms with E-state index in [2.05, 4.69) is 17.6 Å². The molecule has 2 aliphatic rings. The Morgan fingerprint density at radius 1 is 1.31 bits per heavy atom. The molecular weight excluding hydrogens is 477 g/mol. The van der Waals surface area contributed by atoms with Crippen LogP contribution in [-0.2, 0) is 4.84 Å². The molecule has 5 nitrogen and oxygen atoms in total. The van der Waals surface area contributed by atoms with Gasteiger partial charge in [0.1, 0.15) is 6.17 Å². The molecule has 200 valence electrons. The Bertz CT molecular complexity index is 904. The number of halogens is 2. The molecule has 7 heteroatoms. The average Bonchev–Trinajstić information content (AvgIpc) is 3.25. The molecule has 1 saturated carbocycles. The lowest BCUT2D eigenvalue weighted by atomic mass is 9.97. The molecule has 0 spiro atoms. The van der Waals surface area contributed by atoms with Crippen molar-refractivity contribution in [2.24, 2.45) is 17.6 Å². The summed E-state index contributed by atoms with van der Waals surface area (Å²) >= 11 is 6.36. The molecule has 0 aromatic rings. The number of allylic oxidation sites excluding steroid dienone is 6. The average molecular weight is 521 g/mol. The zero-order chi connectivity index (χ0) is 26.5. The summed E-state index contributed by atoms with van der Waals surface area (Å²) in [5.41, 5.74) is 9.04.